The second-order valence-electron chi connectivity index (χ2n) is 6.40. The number of aliphatic hydroxyl groups excluding tert-OH is 1. The molecule has 1 N–H and O–H groups in total. The Morgan fingerprint density at radius 2 is 1.63 bits per heavy atom. The molecule has 7 heteroatoms. The van der Waals surface area contributed by atoms with E-state index in [1.807, 2.05) is 48.5 Å². The number of alkyl halides is 3. The maximum atomic E-state index is 12.5. The molecule has 144 valence electrons. The highest BCUT2D eigenvalue weighted by Crippen LogP contribution is 2.44. The zero-order chi connectivity index (χ0) is 19.6. The van der Waals surface area contributed by atoms with Gasteiger partial charge in [0, 0.05) is 12.5 Å². The monoisotopic (exact) mass is 379 g/mol. The van der Waals surface area contributed by atoms with Crippen molar-refractivity contribution in [2.75, 3.05) is 19.7 Å². The molecule has 1 unspecified atom stereocenters. The number of fused-ring (bicyclic) bond motifs is 3. The van der Waals surface area contributed by atoms with E-state index >= 15 is 0 Å². The van der Waals surface area contributed by atoms with Crippen LogP contribution in [-0.4, -0.2) is 48.1 Å². The molecular formula is C20H20F3NO3. The summed E-state index contributed by atoms with van der Waals surface area (Å²) >= 11 is 0. The Balaban J connectivity index is 1.72. The van der Waals surface area contributed by atoms with Crippen molar-refractivity contribution >= 4 is 6.09 Å². The van der Waals surface area contributed by atoms with E-state index in [9.17, 15) is 23.1 Å². The smallest absolute Gasteiger partial charge is 0.416 e. The highest BCUT2D eigenvalue weighted by atomic mass is 19.4. The molecule has 27 heavy (non-hydrogen) atoms. The van der Waals surface area contributed by atoms with Crippen LogP contribution in [0.5, 0.6) is 0 Å². The molecule has 0 heterocycles. The lowest BCUT2D eigenvalue weighted by Gasteiger charge is -2.25. The van der Waals surface area contributed by atoms with Crippen molar-refractivity contribution in [2.24, 2.45) is 0 Å². The number of carbonyl (C=O) groups excluding carboxylic acids is 1. The molecule has 3 rings (SSSR count). The lowest BCUT2D eigenvalue weighted by atomic mass is 9.98. The van der Waals surface area contributed by atoms with Crippen LogP contribution in [0.4, 0.5) is 18.0 Å². The number of rotatable bonds is 5. The number of amides is 1. The summed E-state index contributed by atoms with van der Waals surface area (Å²) in [5.41, 5.74) is 4.16. The average Bonchev–Trinajstić information content (AvgIpc) is 2.97. The molecule has 0 saturated heterocycles. The van der Waals surface area contributed by atoms with Gasteiger partial charge >= 0.3 is 12.3 Å². The predicted molar refractivity (Wildman–Crippen MR) is 94.4 cm³/mol. The van der Waals surface area contributed by atoms with Crippen LogP contribution in [-0.2, 0) is 4.74 Å². The summed E-state index contributed by atoms with van der Waals surface area (Å²) in [5, 5.41) is 9.20. The normalized spacial score (nSPS) is 14.4. The first-order valence-corrected chi connectivity index (χ1v) is 8.67. The highest BCUT2D eigenvalue weighted by Gasteiger charge is 2.40. The van der Waals surface area contributed by atoms with Gasteiger partial charge in [0.15, 0.2) is 6.10 Å². The Morgan fingerprint density at radius 3 is 2.11 bits per heavy atom. The van der Waals surface area contributed by atoms with Crippen LogP contribution in [0.1, 0.15) is 24.0 Å². The third kappa shape index (κ3) is 3.93. The highest BCUT2D eigenvalue weighted by molar-refractivity contribution is 5.79. The van der Waals surface area contributed by atoms with Gasteiger partial charge in [0.2, 0.25) is 0 Å². The first-order chi connectivity index (χ1) is 12.8. The maximum Gasteiger partial charge on any atom is 0.416 e. The van der Waals surface area contributed by atoms with Crippen LogP contribution in [0.2, 0.25) is 0 Å². The summed E-state index contributed by atoms with van der Waals surface area (Å²) in [6.45, 7) is 0.705. The summed E-state index contributed by atoms with van der Waals surface area (Å²) < 4.78 is 42.9. The predicted octanol–water partition coefficient (Wildman–Crippen LogP) is 4.18. The van der Waals surface area contributed by atoms with Gasteiger partial charge in [0.25, 0.3) is 0 Å². The summed E-state index contributed by atoms with van der Waals surface area (Å²) in [4.78, 5) is 13.1. The fourth-order valence-corrected chi connectivity index (χ4v) is 3.33. The molecule has 4 nitrogen and oxygen atoms in total. The van der Waals surface area contributed by atoms with Crippen LogP contribution in [0, 0.1) is 0 Å². The van der Waals surface area contributed by atoms with Crippen molar-refractivity contribution in [1.82, 2.24) is 4.90 Å². The maximum absolute atomic E-state index is 12.5. The van der Waals surface area contributed by atoms with Crippen LogP contribution >= 0.6 is 0 Å². The second-order valence-corrected chi connectivity index (χ2v) is 6.40. The van der Waals surface area contributed by atoms with Gasteiger partial charge < -0.3 is 14.7 Å². The second kappa shape index (κ2) is 7.60. The molecule has 0 saturated carbocycles. The molecular weight excluding hydrogens is 359 g/mol. The molecule has 0 aromatic heterocycles. The van der Waals surface area contributed by atoms with Crippen LogP contribution in [0.25, 0.3) is 11.1 Å². The third-order valence-corrected chi connectivity index (χ3v) is 4.75. The SMILES string of the molecule is CCN(CC(O)C(F)(F)F)C(=O)OCC1c2ccccc2-c2ccccc21. The van der Waals surface area contributed by atoms with Crippen molar-refractivity contribution in [3.05, 3.63) is 59.7 Å². The zero-order valence-corrected chi connectivity index (χ0v) is 14.7. The van der Waals surface area contributed by atoms with Crippen molar-refractivity contribution in [2.45, 2.75) is 25.1 Å². The van der Waals surface area contributed by atoms with Crippen molar-refractivity contribution in [3.63, 3.8) is 0 Å². The number of halogens is 3. The first-order valence-electron chi connectivity index (χ1n) is 8.67. The van der Waals surface area contributed by atoms with Crippen LogP contribution in [0.15, 0.2) is 48.5 Å². The number of hydrogen-bond donors (Lipinski definition) is 1. The number of benzene rings is 2. The third-order valence-electron chi connectivity index (χ3n) is 4.75. The Bertz CT molecular complexity index is 777. The lowest BCUT2D eigenvalue weighted by molar-refractivity contribution is -0.206. The topological polar surface area (TPSA) is 49.8 Å². The minimum atomic E-state index is -4.78. The Labute approximate surface area is 155 Å². The van der Waals surface area contributed by atoms with E-state index < -0.39 is 24.9 Å². The van der Waals surface area contributed by atoms with E-state index in [1.165, 1.54) is 6.92 Å². The average molecular weight is 379 g/mol. The molecule has 0 bridgehead atoms. The lowest BCUT2D eigenvalue weighted by Crippen LogP contribution is -2.44. The standard InChI is InChI=1S/C20H20F3NO3/c1-2-24(11-18(25)20(21,22)23)19(26)27-12-17-15-9-5-3-7-13(15)14-8-4-6-10-16(14)17/h3-10,17-18,25H,2,11-12H2,1H3. The molecule has 0 fully saturated rings. The van der Waals surface area contributed by atoms with E-state index in [1.54, 1.807) is 0 Å². The molecule has 0 aliphatic heterocycles. The van der Waals surface area contributed by atoms with Gasteiger partial charge in [0.1, 0.15) is 6.61 Å². The van der Waals surface area contributed by atoms with Gasteiger partial charge in [-0.1, -0.05) is 48.5 Å². The minimum Gasteiger partial charge on any atom is -0.448 e. The van der Waals surface area contributed by atoms with Crippen molar-refractivity contribution in [3.8, 4) is 11.1 Å². The summed E-state index contributed by atoms with van der Waals surface area (Å²) in [6, 6.07) is 15.6. The van der Waals surface area contributed by atoms with Crippen LogP contribution < -0.4 is 0 Å². The first kappa shape index (κ1) is 19.2. The summed E-state index contributed by atoms with van der Waals surface area (Å²) in [6.07, 6.45) is -8.25. The molecule has 2 aromatic rings. The number of likely N-dealkylation sites (N-methyl/N-ethyl adjacent to an activating group) is 1. The van der Waals surface area contributed by atoms with Crippen molar-refractivity contribution in [1.29, 1.82) is 0 Å². The molecule has 1 amide bonds. The number of nitrogens with zero attached hydrogens (tertiary/aromatic N) is 1. The molecule has 1 aliphatic rings. The number of ether oxygens (including phenoxy) is 1. The largest absolute Gasteiger partial charge is 0.448 e. The van der Waals surface area contributed by atoms with E-state index in [0.717, 1.165) is 27.2 Å². The van der Waals surface area contributed by atoms with E-state index in [4.69, 9.17) is 4.74 Å². The summed E-state index contributed by atoms with van der Waals surface area (Å²) in [5.74, 6) is -0.174. The Morgan fingerprint density at radius 1 is 1.11 bits per heavy atom. The minimum absolute atomic E-state index is 0.00378. The van der Waals surface area contributed by atoms with Gasteiger partial charge in [-0.15, -0.1) is 0 Å². The quantitative estimate of drug-likeness (QED) is 0.848. The number of carbonyl (C=O) groups is 1. The fraction of sp³-hybridized carbons (Fsp3) is 0.350. The zero-order valence-electron chi connectivity index (χ0n) is 14.7. The van der Waals surface area contributed by atoms with Gasteiger partial charge in [-0.3, -0.25) is 0 Å². The molecule has 1 atom stereocenters. The van der Waals surface area contributed by atoms with Gasteiger partial charge in [-0.05, 0) is 29.2 Å². The Kier molecular flexibility index (Phi) is 5.41. The number of hydrogen-bond acceptors (Lipinski definition) is 3. The van der Waals surface area contributed by atoms with Gasteiger partial charge in [-0.25, -0.2) is 4.79 Å². The Hall–Kier alpha value is -2.54. The number of aliphatic hydroxyl groups is 1. The molecule has 0 spiro atoms. The molecule has 0 radical (unpaired) electrons. The van der Waals surface area contributed by atoms with Crippen LogP contribution in [0.3, 0.4) is 0 Å². The van der Waals surface area contributed by atoms with Gasteiger partial charge in [-0.2, -0.15) is 13.2 Å². The van der Waals surface area contributed by atoms with Crippen molar-refractivity contribution < 1.29 is 27.8 Å². The molecule has 2 aromatic carbocycles. The fourth-order valence-electron chi connectivity index (χ4n) is 3.33. The van der Waals surface area contributed by atoms with E-state index in [2.05, 4.69) is 0 Å². The molecule has 1 aliphatic carbocycles. The van der Waals surface area contributed by atoms with Gasteiger partial charge in [0.05, 0.1) is 6.54 Å². The van der Waals surface area contributed by atoms with E-state index in [-0.39, 0.29) is 19.1 Å². The summed E-state index contributed by atoms with van der Waals surface area (Å²) in [7, 11) is 0. The van der Waals surface area contributed by atoms with E-state index in [0.29, 0.717) is 0 Å².